The summed E-state index contributed by atoms with van der Waals surface area (Å²) >= 11 is 5.28. The van der Waals surface area contributed by atoms with Crippen molar-refractivity contribution in [2.75, 3.05) is 13.1 Å². The largest absolute Gasteiger partial charge is 0.316 e. The molecule has 102 valence electrons. The van der Waals surface area contributed by atoms with Gasteiger partial charge in [-0.05, 0) is 59.5 Å². The Morgan fingerprint density at radius 2 is 2.00 bits per heavy atom. The molecule has 3 heteroatoms. The predicted molar refractivity (Wildman–Crippen MR) is 88.1 cm³/mol. The van der Waals surface area contributed by atoms with Crippen LogP contribution in [0.1, 0.15) is 30.4 Å². The molecule has 0 radical (unpaired) electrons. The van der Waals surface area contributed by atoms with Gasteiger partial charge in [-0.25, -0.2) is 0 Å². The Balaban J connectivity index is 2.06. The first-order chi connectivity index (χ1) is 9.29. The zero-order valence-electron chi connectivity index (χ0n) is 11.2. The maximum Gasteiger partial charge on any atom is 0.0175 e. The van der Waals surface area contributed by atoms with Crippen LogP contribution < -0.4 is 5.32 Å². The molecule has 1 aromatic heterocycles. The average Bonchev–Trinajstić information content (AvgIpc) is 2.92. The summed E-state index contributed by atoms with van der Waals surface area (Å²) in [4.78, 5) is 0. The van der Waals surface area contributed by atoms with Gasteiger partial charge in [-0.1, -0.05) is 35.0 Å². The zero-order chi connectivity index (χ0) is 13.5. The molecule has 0 saturated carbocycles. The molecule has 0 aliphatic carbocycles. The van der Waals surface area contributed by atoms with Crippen molar-refractivity contribution in [3.05, 3.63) is 56.7 Å². The van der Waals surface area contributed by atoms with Gasteiger partial charge in [-0.2, -0.15) is 11.3 Å². The molecule has 1 atom stereocenters. The number of rotatable bonds is 7. The van der Waals surface area contributed by atoms with Gasteiger partial charge in [-0.15, -0.1) is 0 Å². The highest BCUT2D eigenvalue weighted by atomic mass is 79.9. The molecule has 1 nitrogen and oxygen atoms in total. The fraction of sp³-hybridized carbons (Fsp3) is 0.375. The molecule has 0 bridgehead atoms. The topological polar surface area (TPSA) is 12.0 Å². The molecule has 0 spiro atoms. The second-order valence-corrected chi connectivity index (χ2v) is 6.48. The molecule has 1 heterocycles. The van der Waals surface area contributed by atoms with E-state index in [2.05, 4.69) is 69.3 Å². The number of hydrogen-bond donors (Lipinski definition) is 1. The lowest BCUT2D eigenvalue weighted by molar-refractivity contribution is 0.577. The molecular formula is C16H20BrNS. The molecule has 0 fully saturated rings. The van der Waals surface area contributed by atoms with Gasteiger partial charge in [0.05, 0.1) is 0 Å². The maximum absolute atomic E-state index is 3.55. The Hall–Kier alpha value is -0.640. The summed E-state index contributed by atoms with van der Waals surface area (Å²) in [5.41, 5.74) is 2.86. The Morgan fingerprint density at radius 1 is 1.21 bits per heavy atom. The van der Waals surface area contributed by atoms with Crippen molar-refractivity contribution in [1.29, 1.82) is 0 Å². The Morgan fingerprint density at radius 3 is 2.63 bits per heavy atom. The van der Waals surface area contributed by atoms with E-state index in [0.717, 1.165) is 24.0 Å². The van der Waals surface area contributed by atoms with E-state index in [-0.39, 0.29) is 0 Å². The lowest BCUT2D eigenvalue weighted by Crippen LogP contribution is -2.23. The summed E-state index contributed by atoms with van der Waals surface area (Å²) in [6.07, 6.45) is 2.30. The van der Waals surface area contributed by atoms with Crippen LogP contribution in [-0.4, -0.2) is 13.1 Å². The molecule has 2 aromatic rings. The van der Waals surface area contributed by atoms with Crippen LogP contribution in [0.2, 0.25) is 0 Å². The van der Waals surface area contributed by atoms with Gasteiger partial charge < -0.3 is 5.32 Å². The fourth-order valence-electron chi connectivity index (χ4n) is 2.19. The van der Waals surface area contributed by atoms with Crippen molar-refractivity contribution in [2.24, 2.45) is 0 Å². The SMILES string of the molecule is CCCNCC(Cc1ccsc1)c1ccc(Br)cc1. The summed E-state index contributed by atoms with van der Waals surface area (Å²) in [5, 5.41) is 7.97. The van der Waals surface area contributed by atoms with Gasteiger partial charge in [-0.3, -0.25) is 0 Å². The molecule has 0 amide bonds. The van der Waals surface area contributed by atoms with Crippen molar-refractivity contribution in [2.45, 2.75) is 25.7 Å². The van der Waals surface area contributed by atoms with Crippen LogP contribution in [0.4, 0.5) is 0 Å². The van der Waals surface area contributed by atoms with Gasteiger partial charge in [0.2, 0.25) is 0 Å². The van der Waals surface area contributed by atoms with Crippen molar-refractivity contribution in [3.63, 3.8) is 0 Å². The summed E-state index contributed by atoms with van der Waals surface area (Å²) in [6, 6.07) is 11.0. The molecule has 0 aliphatic heterocycles. The number of nitrogens with one attached hydrogen (secondary N) is 1. The van der Waals surface area contributed by atoms with Crippen molar-refractivity contribution < 1.29 is 0 Å². The zero-order valence-corrected chi connectivity index (χ0v) is 13.6. The minimum absolute atomic E-state index is 0.550. The van der Waals surface area contributed by atoms with E-state index in [0.29, 0.717) is 5.92 Å². The second kappa shape index (κ2) is 7.83. The highest BCUT2D eigenvalue weighted by Crippen LogP contribution is 2.23. The van der Waals surface area contributed by atoms with E-state index in [1.807, 2.05) is 0 Å². The summed E-state index contributed by atoms with van der Waals surface area (Å²) in [5.74, 6) is 0.550. The van der Waals surface area contributed by atoms with Gasteiger partial charge in [0.15, 0.2) is 0 Å². The van der Waals surface area contributed by atoms with Crippen molar-refractivity contribution >= 4 is 27.3 Å². The van der Waals surface area contributed by atoms with Gasteiger partial charge in [0.1, 0.15) is 0 Å². The Labute approximate surface area is 128 Å². The average molecular weight is 338 g/mol. The summed E-state index contributed by atoms with van der Waals surface area (Å²) in [6.45, 7) is 4.35. The normalized spacial score (nSPS) is 12.5. The molecule has 1 aromatic carbocycles. The smallest absolute Gasteiger partial charge is 0.0175 e. The first-order valence-corrected chi connectivity index (χ1v) is 8.50. The highest BCUT2D eigenvalue weighted by Gasteiger charge is 2.12. The molecular weight excluding hydrogens is 318 g/mol. The minimum Gasteiger partial charge on any atom is -0.316 e. The summed E-state index contributed by atoms with van der Waals surface area (Å²) < 4.78 is 1.15. The van der Waals surface area contributed by atoms with Crippen molar-refractivity contribution in [1.82, 2.24) is 5.32 Å². The van der Waals surface area contributed by atoms with Gasteiger partial charge >= 0.3 is 0 Å². The first-order valence-electron chi connectivity index (χ1n) is 6.77. The lowest BCUT2D eigenvalue weighted by atomic mass is 9.93. The van der Waals surface area contributed by atoms with E-state index in [1.165, 1.54) is 17.5 Å². The minimum atomic E-state index is 0.550. The van der Waals surface area contributed by atoms with E-state index < -0.39 is 0 Å². The monoisotopic (exact) mass is 337 g/mol. The van der Waals surface area contributed by atoms with Crippen LogP contribution in [0.25, 0.3) is 0 Å². The third-order valence-corrected chi connectivity index (χ3v) is 4.48. The third kappa shape index (κ3) is 4.75. The molecule has 0 aliphatic rings. The quantitative estimate of drug-likeness (QED) is 0.713. The molecule has 2 rings (SSSR count). The number of hydrogen-bond acceptors (Lipinski definition) is 2. The van der Waals surface area contributed by atoms with Gasteiger partial charge in [0.25, 0.3) is 0 Å². The Kier molecular flexibility index (Phi) is 6.08. The standard InChI is InChI=1S/C16H20BrNS/c1-2-8-18-11-15(10-13-7-9-19-12-13)14-3-5-16(17)6-4-14/h3-7,9,12,15,18H,2,8,10-11H2,1H3. The molecule has 19 heavy (non-hydrogen) atoms. The van der Waals surface area contributed by atoms with Crippen LogP contribution in [-0.2, 0) is 6.42 Å². The number of halogens is 1. The van der Waals surface area contributed by atoms with Gasteiger partial charge in [0, 0.05) is 16.9 Å². The number of thiophene rings is 1. The third-order valence-electron chi connectivity index (χ3n) is 3.22. The molecule has 0 saturated heterocycles. The first kappa shape index (κ1) is 14.8. The van der Waals surface area contributed by atoms with Crippen LogP contribution in [0.15, 0.2) is 45.6 Å². The maximum atomic E-state index is 3.55. The second-order valence-electron chi connectivity index (χ2n) is 4.79. The van der Waals surface area contributed by atoms with E-state index in [1.54, 1.807) is 11.3 Å². The van der Waals surface area contributed by atoms with E-state index >= 15 is 0 Å². The van der Waals surface area contributed by atoms with E-state index in [4.69, 9.17) is 0 Å². The lowest BCUT2D eigenvalue weighted by Gasteiger charge is -2.18. The van der Waals surface area contributed by atoms with Crippen LogP contribution in [0.5, 0.6) is 0 Å². The van der Waals surface area contributed by atoms with Crippen LogP contribution in [0.3, 0.4) is 0 Å². The van der Waals surface area contributed by atoms with Crippen molar-refractivity contribution in [3.8, 4) is 0 Å². The molecule has 1 unspecified atom stereocenters. The van der Waals surface area contributed by atoms with Crippen LogP contribution in [0, 0.1) is 0 Å². The van der Waals surface area contributed by atoms with Crippen LogP contribution >= 0.6 is 27.3 Å². The fourth-order valence-corrected chi connectivity index (χ4v) is 3.14. The summed E-state index contributed by atoms with van der Waals surface area (Å²) in [7, 11) is 0. The highest BCUT2D eigenvalue weighted by molar-refractivity contribution is 9.10. The van der Waals surface area contributed by atoms with E-state index in [9.17, 15) is 0 Å². The molecule has 1 N–H and O–H groups in total. The Bertz CT molecular complexity index is 464. The predicted octanol–water partition coefficient (Wildman–Crippen LogP) is 4.84. The number of benzene rings is 1.